The van der Waals surface area contributed by atoms with E-state index < -0.39 is 53.3 Å². The Morgan fingerprint density at radius 2 is 1.81 bits per heavy atom. The van der Waals surface area contributed by atoms with Crippen molar-refractivity contribution in [3.63, 3.8) is 0 Å². The molecule has 5 atom stereocenters. The van der Waals surface area contributed by atoms with Crippen LogP contribution < -0.4 is 16.0 Å². The van der Waals surface area contributed by atoms with Crippen LogP contribution in [-0.2, 0) is 10.1 Å². The van der Waals surface area contributed by atoms with Crippen molar-refractivity contribution in [3.8, 4) is 0 Å². The first-order valence-electron chi connectivity index (χ1n) is 8.01. The van der Waals surface area contributed by atoms with E-state index in [1.165, 1.54) is 0 Å². The van der Waals surface area contributed by atoms with E-state index >= 15 is 0 Å². The molecule has 154 valence electrons. The summed E-state index contributed by atoms with van der Waals surface area (Å²) in [6.07, 6.45) is -6.00. The van der Waals surface area contributed by atoms with Crippen molar-refractivity contribution in [2.24, 2.45) is 0 Å². The molecule has 2 unspecified atom stereocenters. The number of rotatable bonds is 11. The van der Waals surface area contributed by atoms with Crippen LogP contribution in [0.3, 0.4) is 0 Å². The summed E-state index contributed by atoms with van der Waals surface area (Å²) in [7, 11) is -4.08. The molecule has 0 aromatic carbocycles. The second-order valence-electron chi connectivity index (χ2n) is 5.98. The zero-order valence-electron chi connectivity index (χ0n) is 14.0. The van der Waals surface area contributed by atoms with Gasteiger partial charge < -0.3 is 36.0 Å². The molecule has 0 aromatic heterocycles. The van der Waals surface area contributed by atoms with Crippen LogP contribution in [0, 0.1) is 0 Å². The summed E-state index contributed by atoms with van der Waals surface area (Å²) in [5, 5.41) is 64.8. The van der Waals surface area contributed by atoms with Crippen LogP contribution in [0.1, 0.15) is 19.3 Å². The molecule has 1 heterocycles. The smallest absolute Gasteiger partial charge is 0.264 e. The summed E-state index contributed by atoms with van der Waals surface area (Å²) in [6.45, 7) is -0.980. The predicted octanol–water partition coefficient (Wildman–Crippen LogP) is -3.73. The lowest BCUT2D eigenvalue weighted by atomic mass is 10.0. The average Bonchev–Trinajstić information content (AvgIpc) is 2.55. The van der Waals surface area contributed by atoms with E-state index in [9.17, 15) is 34.0 Å². The molecule has 1 aliphatic rings. The largest absolute Gasteiger partial charge is 0.495 e. The minimum atomic E-state index is -4.08. The van der Waals surface area contributed by atoms with E-state index in [0.717, 1.165) is 0 Å². The van der Waals surface area contributed by atoms with E-state index in [4.69, 9.17) is 9.66 Å². The van der Waals surface area contributed by atoms with E-state index in [1.54, 1.807) is 0 Å². The van der Waals surface area contributed by atoms with Gasteiger partial charge in [0.15, 0.2) is 12.2 Å². The molecule has 0 fully saturated rings. The molecular formula is C13H27N3O9S. The highest BCUT2D eigenvalue weighted by atomic mass is 32.2. The van der Waals surface area contributed by atoms with Crippen molar-refractivity contribution in [2.45, 2.75) is 50.1 Å². The van der Waals surface area contributed by atoms with Gasteiger partial charge in [0.05, 0.1) is 24.6 Å². The zero-order chi connectivity index (χ0) is 19.9. The van der Waals surface area contributed by atoms with Crippen molar-refractivity contribution in [1.29, 1.82) is 0 Å². The Bertz CT molecular complexity index is 571. The minimum absolute atomic E-state index is 0.148. The molecule has 0 saturated heterocycles. The van der Waals surface area contributed by atoms with Gasteiger partial charge in [-0.1, -0.05) is 0 Å². The highest BCUT2D eigenvalue weighted by Crippen LogP contribution is 2.17. The molecule has 12 nitrogen and oxygen atoms in total. The maximum Gasteiger partial charge on any atom is 0.264 e. The molecule has 0 amide bonds. The quantitative estimate of drug-likeness (QED) is 0.120. The standard InChI is InChI=1S/C13H27N3O9S/c17-6-9(19)10(20)8(18)5-14-11-7(12(21)16-13(22)15-11)3-1-2-4-26(23,24)25/h8-11,13-22H,1-6H2,(H,23,24,25)/t8-,9+,10-,11?,13?/m0/s1. The van der Waals surface area contributed by atoms with Gasteiger partial charge in [-0.2, -0.15) is 8.42 Å². The molecule has 0 saturated carbocycles. The normalized spacial score (nSPS) is 24.8. The van der Waals surface area contributed by atoms with Crippen LogP contribution in [0.2, 0.25) is 0 Å². The maximum atomic E-state index is 10.7. The van der Waals surface area contributed by atoms with Gasteiger partial charge in [0, 0.05) is 12.1 Å². The van der Waals surface area contributed by atoms with Crippen LogP contribution in [0.5, 0.6) is 0 Å². The molecule has 0 bridgehead atoms. The van der Waals surface area contributed by atoms with E-state index in [-0.39, 0.29) is 25.3 Å². The molecule has 10 N–H and O–H groups in total. The van der Waals surface area contributed by atoms with Gasteiger partial charge in [-0.25, -0.2) is 0 Å². The Hall–Kier alpha value is -1.03. The van der Waals surface area contributed by atoms with E-state index in [0.29, 0.717) is 12.0 Å². The second kappa shape index (κ2) is 10.3. The average molecular weight is 401 g/mol. The summed E-state index contributed by atoms with van der Waals surface area (Å²) < 4.78 is 30.1. The summed E-state index contributed by atoms with van der Waals surface area (Å²) >= 11 is 0. The van der Waals surface area contributed by atoms with E-state index in [2.05, 4.69) is 16.0 Å². The fourth-order valence-corrected chi connectivity index (χ4v) is 3.00. The Kier molecular flexibility index (Phi) is 9.15. The van der Waals surface area contributed by atoms with Crippen molar-refractivity contribution in [1.82, 2.24) is 16.0 Å². The molecule has 0 radical (unpaired) electrons. The summed E-state index contributed by atoms with van der Waals surface area (Å²) in [5.41, 5.74) is 0.343. The van der Waals surface area contributed by atoms with Crippen molar-refractivity contribution in [3.05, 3.63) is 11.5 Å². The fourth-order valence-electron chi connectivity index (χ4n) is 2.43. The summed E-state index contributed by atoms with van der Waals surface area (Å²) in [5.74, 6) is -0.752. The topological polar surface area (TPSA) is 212 Å². The molecular weight excluding hydrogens is 374 g/mol. The Balaban J connectivity index is 2.63. The Labute approximate surface area is 150 Å². The van der Waals surface area contributed by atoms with Gasteiger partial charge >= 0.3 is 0 Å². The van der Waals surface area contributed by atoms with E-state index in [1.807, 2.05) is 0 Å². The lowest BCUT2D eigenvalue weighted by Gasteiger charge is -2.33. The van der Waals surface area contributed by atoms with Crippen molar-refractivity contribution >= 4 is 10.1 Å². The monoisotopic (exact) mass is 401 g/mol. The molecule has 0 aromatic rings. The number of aliphatic hydroxyl groups excluding tert-OH is 6. The lowest BCUT2D eigenvalue weighted by molar-refractivity contribution is -0.0761. The molecule has 1 rings (SSSR count). The molecule has 0 aliphatic carbocycles. The van der Waals surface area contributed by atoms with Crippen LogP contribution in [0.4, 0.5) is 0 Å². The summed E-state index contributed by atoms with van der Waals surface area (Å²) in [6, 6.07) is 0. The highest BCUT2D eigenvalue weighted by Gasteiger charge is 2.29. The number of unbranched alkanes of at least 4 members (excludes halogenated alkanes) is 1. The Morgan fingerprint density at radius 1 is 1.15 bits per heavy atom. The fraction of sp³-hybridized carbons (Fsp3) is 0.846. The number of aliphatic hydroxyl groups is 6. The lowest BCUT2D eigenvalue weighted by Crippen LogP contribution is -2.59. The van der Waals surface area contributed by atoms with Crippen LogP contribution in [0.25, 0.3) is 0 Å². The number of nitrogens with one attached hydrogen (secondary N) is 3. The van der Waals surface area contributed by atoms with Gasteiger partial charge in [-0.15, -0.1) is 0 Å². The first-order chi connectivity index (χ1) is 12.0. The van der Waals surface area contributed by atoms with Crippen molar-refractivity contribution < 1.29 is 43.6 Å². The van der Waals surface area contributed by atoms with Crippen LogP contribution in [-0.4, -0.2) is 93.3 Å². The molecule has 13 heteroatoms. The van der Waals surface area contributed by atoms with Gasteiger partial charge in [0.25, 0.3) is 10.1 Å². The third kappa shape index (κ3) is 7.69. The molecule has 1 aliphatic heterocycles. The van der Waals surface area contributed by atoms with Crippen LogP contribution in [0.15, 0.2) is 11.5 Å². The summed E-state index contributed by atoms with van der Waals surface area (Å²) in [4.78, 5) is 0. The zero-order valence-corrected chi connectivity index (χ0v) is 14.8. The molecule has 26 heavy (non-hydrogen) atoms. The third-order valence-electron chi connectivity index (χ3n) is 3.86. The van der Waals surface area contributed by atoms with Gasteiger partial charge in [0.1, 0.15) is 12.2 Å². The minimum Gasteiger partial charge on any atom is -0.495 e. The predicted molar refractivity (Wildman–Crippen MR) is 89.1 cm³/mol. The first kappa shape index (κ1) is 23.0. The maximum absolute atomic E-state index is 10.7. The second-order valence-corrected chi connectivity index (χ2v) is 7.55. The third-order valence-corrected chi connectivity index (χ3v) is 4.66. The van der Waals surface area contributed by atoms with Crippen LogP contribution >= 0.6 is 0 Å². The first-order valence-corrected chi connectivity index (χ1v) is 9.62. The van der Waals surface area contributed by atoms with Gasteiger partial charge in [-0.05, 0) is 19.3 Å². The number of hydrogen-bond acceptors (Lipinski definition) is 11. The van der Waals surface area contributed by atoms with Gasteiger partial charge in [-0.3, -0.25) is 15.2 Å². The van der Waals surface area contributed by atoms with Gasteiger partial charge in [0.2, 0.25) is 0 Å². The highest BCUT2D eigenvalue weighted by molar-refractivity contribution is 7.85. The molecule has 0 spiro atoms. The number of hydrogen-bond donors (Lipinski definition) is 10. The van der Waals surface area contributed by atoms with Crippen molar-refractivity contribution in [2.75, 3.05) is 18.9 Å². The Morgan fingerprint density at radius 3 is 2.38 bits per heavy atom. The SMILES string of the molecule is O=S(=O)(O)CCCCC1=C(O)NC(O)NC1NC[C@H](O)[C@H](O)[C@H](O)CO.